The lowest BCUT2D eigenvalue weighted by atomic mass is 9.81. The second kappa shape index (κ2) is 12.7. The van der Waals surface area contributed by atoms with Gasteiger partial charge >= 0.3 is 0 Å². The van der Waals surface area contributed by atoms with E-state index in [1.165, 1.54) is 76.8 Å². The number of nitrogens with zero attached hydrogens (tertiary/aromatic N) is 2. The first-order valence-corrected chi connectivity index (χ1v) is 17.5. The summed E-state index contributed by atoms with van der Waals surface area (Å²) in [6, 6.07) is 61.9. The molecule has 0 aliphatic carbocycles. The molecule has 0 radical (unpaired) electrons. The maximum Gasteiger partial charge on any atom is 0.0644 e. The Morgan fingerprint density at radius 1 is 0.392 bits per heavy atom. The van der Waals surface area contributed by atoms with Crippen molar-refractivity contribution < 1.29 is 0 Å². The van der Waals surface area contributed by atoms with E-state index >= 15 is 0 Å². The van der Waals surface area contributed by atoms with Gasteiger partial charge in [0, 0.05) is 17.6 Å². The fourth-order valence-electron chi connectivity index (χ4n) is 7.89. The van der Waals surface area contributed by atoms with Crippen LogP contribution in [0.15, 0.2) is 182 Å². The zero-order valence-electron chi connectivity index (χ0n) is 28.7. The average molecular weight is 653 g/mol. The molecule has 8 aromatic carbocycles. The standard InChI is InChI=1S/C49H36N2/c1-33-27-34(2)29-40(28-33)51(39-21-14-26-50-32-39)38-24-25-43-46(30-38)41-22-12-13-23-42(41)48-45(36-17-8-4-9-18-36)31-44(35-15-6-3-7-16-35)47(49(43)48)37-19-10-5-11-20-37/h3-32H,1-2H3. The molecular weight excluding hydrogens is 617 g/mol. The first kappa shape index (κ1) is 30.5. The Balaban J connectivity index is 1.46. The summed E-state index contributed by atoms with van der Waals surface area (Å²) < 4.78 is 0. The number of anilines is 3. The number of fused-ring (bicyclic) bond motifs is 6. The van der Waals surface area contributed by atoms with Crippen molar-refractivity contribution in [1.29, 1.82) is 0 Å². The molecule has 0 amide bonds. The molecule has 0 fully saturated rings. The third kappa shape index (κ3) is 5.42. The minimum atomic E-state index is 1.02. The first-order valence-electron chi connectivity index (χ1n) is 17.5. The van der Waals surface area contributed by atoms with Crippen molar-refractivity contribution in [2.75, 3.05) is 4.90 Å². The molecule has 51 heavy (non-hydrogen) atoms. The van der Waals surface area contributed by atoms with Gasteiger partial charge in [-0.1, -0.05) is 127 Å². The Kier molecular flexibility index (Phi) is 7.63. The molecule has 0 unspecified atom stereocenters. The summed E-state index contributed by atoms with van der Waals surface area (Å²) in [4.78, 5) is 6.87. The molecule has 2 heteroatoms. The lowest BCUT2D eigenvalue weighted by molar-refractivity contribution is 1.22. The second-order valence-corrected chi connectivity index (χ2v) is 13.4. The SMILES string of the molecule is Cc1cc(C)cc(N(c2cccnc2)c2ccc3c(c2)c2ccccc2c2c(-c4ccccc4)cc(-c4ccccc4)c(-c4ccccc4)c32)c1. The summed E-state index contributed by atoms with van der Waals surface area (Å²) >= 11 is 0. The van der Waals surface area contributed by atoms with Gasteiger partial charge < -0.3 is 4.90 Å². The smallest absolute Gasteiger partial charge is 0.0644 e. The van der Waals surface area contributed by atoms with Crippen molar-refractivity contribution in [2.45, 2.75) is 13.8 Å². The van der Waals surface area contributed by atoms with Gasteiger partial charge in [0.15, 0.2) is 0 Å². The molecule has 9 aromatic rings. The van der Waals surface area contributed by atoms with Crippen molar-refractivity contribution in [3.05, 3.63) is 193 Å². The normalized spacial score (nSPS) is 11.3. The molecule has 2 nitrogen and oxygen atoms in total. The fraction of sp³-hybridized carbons (Fsp3) is 0.0408. The monoisotopic (exact) mass is 652 g/mol. The lowest BCUT2D eigenvalue weighted by Gasteiger charge is -2.27. The van der Waals surface area contributed by atoms with Crippen molar-refractivity contribution in [1.82, 2.24) is 4.98 Å². The van der Waals surface area contributed by atoms with E-state index in [2.05, 4.69) is 188 Å². The van der Waals surface area contributed by atoms with Gasteiger partial charge in [-0.15, -0.1) is 0 Å². The van der Waals surface area contributed by atoms with Crippen LogP contribution in [0.4, 0.5) is 17.1 Å². The number of pyridine rings is 1. The summed E-state index contributed by atoms with van der Waals surface area (Å²) in [5, 5.41) is 7.46. The number of aryl methyl sites for hydroxylation is 2. The zero-order chi connectivity index (χ0) is 34.3. The van der Waals surface area contributed by atoms with Crippen LogP contribution in [0, 0.1) is 13.8 Å². The van der Waals surface area contributed by atoms with E-state index in [0.717, 1.165) is 17.1 Å². The number of hydrogen-bond acceptors (Lipinski definition) is 2. The Bertz CT molecular complexity index is 2660. The van der Waals surface area contributed by atoms with E-state index in [1.54, 1.807) is 0 Å². The van der Waals surface area contributed by atoms with Crippen molar-refractivity contribution in [2.24, 2.45) is 0 Å². The van der Waals surface area contributed by atoms with Gasteiger partial charge in [-0.25, -0.2) is 0 Å². The Morgan fingerprint density at radius 2 is 0.980 bits per heavy atom. The van der Waals surface area contributed by atoms with Crippen LogP contribution in [-0.4, -0.2) is 4.98 Å². The van der Waals surface area contributed by atoms with Gasteiger partial charge in [-0.2, -0.15) is 0 Å². The molecule has 0 N–H and O–H groups in total. The first-order chi connectivity index (χ1) is 25.1. The molecule has 0 saturated carbocycles. The number of benzene rings is 8. The maximum atomic E-state index is 4.54. The average Bonchev–Trinajstić information content (AvgIpc) is 3.18. The molecule has 0 atom stereocenters. The van der Waals surface area contributed by atoms with Crippen molar-refractivity contribution in [3.63, 3.8) is 0 Å². The van der Waals surface area contributed by atoms with Crippen LogP contribution in [-0.2, 0) is 0 Å². The van der Waals surface area contributed by atoms with Crippen LogP contribution < -0.4 is 4.90 Å². The highest BCUT2D eigenvalue weighted by Gasteiger charge is 2.23. The summed E-state index contributed by atoms with van der Waals surface area (Å²) in [7, 11) is 0. The van der Waals surface area contributed by atoms with Crippen LogP contribution in [0.25, 0.3) is 65.7 Å². The zero-order valence-corrected chi connectivity index (χ0v) is 28.7. The van der Waals surface area contributed by atoms with Gasteiger partial charge in [-0.3, -0.25) is 4.98 Å². The third-order valence-electron chi connectivity index (χ3n) is 9.95. The van der Waals surface area contributed by atoms with Crippen LogP contribution >= 0.6 is 0 Å². The highest BCUT2D eigenvalue weighted by molar-refractivity contribution is 6.33. The van der Waals surface area contributed by atoms with Gasteiger partial charge in [-0.05, 0) is 133 Å². The van der Waals surface area contributed by atoms with Crippen LogP contribution in [0.2, 0.25) is 0 Å². The highest BCUT2D eigenvalue weighted by Crippen LogP contribution is 2.50. The predicted octanol–water partition coefficient (Wildman–Crippen LogP) is 13.6. The molecule has 0 spiro atoms. The van der Waals surface area contributed by atoms with Gasteiger partial charge in [0.1, 0.15) is 0 Å². The topological polar surface area (TPSA) is 16.1 Å². The summed E-state index contributed by atoms with van der Waals surface area (Å²) in [5.41, 5.74) is 13.0. The number of hydrogen-bond donors (Lipinski definition) is 0. The number of rotatable bonds is 6. The number of aromatic nitrogens is 1. The van der Waals surface area contributed by atoms with E-state index in [1.807, 2.05) is 18.5 Å². The lowest BCUT2D eigenvalue weighted by Crippen LogP contribution is -2.10. The van der Waals surface area contributed by atoms with E-state index in [-0.39, 0.29) is 0 Å². The van der Waals surface area contributed by atoms with E-state index in [0.29, 0.717) is 0 Å². The van der Waals surface area contributed by atoms with Gasteiger partial charge in [0.25, 0.3) is 0 Å². The molecule has 0 bridgehead atoms. The Labute approximate surface area is 298 Å². The highest BCUT2D eigenvalue weighted by atomic mass is 15.1. The van der Waals surface area contributed by atoms with Gasteiger partial charge in [0.2, 0.25) is 0 Å². The van der Waals surface area contributed by atoms with Crippen molar-refractivity contribution in [3.8, 4) is 33.4 Å². The molecule has 9 rings (SSSR count). The largest absolute Gasteiger partial charge is 0.309 e. The van der Waals surface area contributed by atoms with Crippen LogP contribution in [0.5, 0.6) is 0 Å². The third-order valence-corrected chi connectivity index (χ3v) is 9.95. The Morgan fingerprint density at radius 3 is 1.63 bits per heavy atom. The molecule has 1 aromatic heterocycles. The van der Waals surface area contributed by atoms with Crippen molar-refractivity contribution >= 4 is 49.4 Å². The fourth-order valence-corrected chi connectivity index (χ4v) is 7.89. The molecule has 0 aliphatic heterocycles. The molecule has 0 aliphatic rings. The second-order valence-electron chi connectivity index (χ2n) is 13.4. The van der Waals surface area contributed by atoms with Crippen LogP contribution in [0.3, 0.4) is 0 Å². The summed E-state index contributed by atoms with van der Waals surface area (Å²) in [6.07, 6.45) is 3.79. The maximum absolute atomic E-state index is 4.54. The molecule has 1 heterocycles. The molecule has 242 valence electrons. The van der Waals surface area contributed by atoms with E-state index in [4.69, 9.17) is 0 Å². The van der Waals surface area contributed by atoms with E-state index in [9.17, 15) is 0 Å². The van der Waals surface area contributed by atoms with Gasteiger partial charge in [0.05, 0.1) is 11.9 Å². The molecule has 0 saturated heterocycles. The van der Waals surface area contributed by atoms with E-state index < -0.39 is 0 Å². The quantitative estimate of drug-likeness (QED) is 0.166. The Hall–Kier alpha value is -6.51. The molecular formula is C49H36N2. The predicted molar refractivity (Wildman–Crippen MR) is 217 cm³/mol. The summed E-state index contributed by atoms with van der Waals surface area (Å²) in [6.45, 7) is 4.33. The minimum Gasteiger partial charge on any atom is -0.309 e. The van der Waals surface area contributed by atoms with Crippen LogP contribution in [0.1, 0.15) is 11.1 Å². The minimum absolute atomic E-state index is 1.02. The summed E-state index contributed by atoms with van der Waals surface area (Å²) in [5.74, 6) is 0.